The highest BCUT2D eigenvalue weighted by molar-refractivity contribution is 6.25. The van der Waals surface area contributed by atoms with E-state index in [4.69, 9.17) is 14.2 Å². The van der Waals surface area contributed by atoms with Crippen LogP contribution in [0.5, 0.6) is 0 Å². The predicted molar refractivity (Wildman–Crippen MR) is 83.2 cm³/mol. The average molecular weight is 308 g/mol. The maximum absolute atomic E-state index is 12.6. The van der Waals surface area contributed by atoms with Crippen LogP contribution in [0.3, 0.4) is 0 Å². The van der Waals surface area contributed by atoms with Gasteiger partial charge in [-0.15, -0.1) is 0 Å². The van der Waals surface area contributed by atoms with E-state index in [-0.39, 0.29) is 35.6 Å². The van der Waals surface area contributed by atoms with Crippen molar-refractivity contribution in [2.24, 2.45) is 0 Å². The van der Waals surface area contributed by atoms with Gasteiger partial charge in [0.1, 0.15) is 5.57 Å². The van der Waals surface area contributed by atoms with Crippen LogP contribution in [-0.4, -0.2) is 37.5 Å². The van der Waals surface area contributed by atoms with E-state index in [1.54, 1.807) is 26.0 Å². The molecule has 0 bridgehead atoms. The molecule has 0 fully saturated rings. The summed E-state index contributed by atoms with van der Waals surface area (Å²) in [5.41, 5.74) is -1.25. The molecule has 0 saturated carbocycles. The van der Waals surface area contributed by atoms with E-state index in [9.17, 15) is 9.59 Å². The van der Waals surface area contributed by atoms with Crippen LogP contribution >= 0.6 is 0 Å². The van der Waals surface area contributed by atoms with Gasteiger partial charge in [-0.1, -0.05) is 25.2 Å². The Morgan fingerprint density at radius 2 is 2.05 bits per heavy atom. The molecule has 1 rings (SSSR count). The van der Waals surface area contributed by atoms with Gasteiger partial charge in [-0.3, -0.25) is 9.59 Å². The lowest BCUT2D eigenvalue weighted by Crippen LogP contribution is -2.33. The van der Waals surface area contributed by atoms with Gasteiger partial charge in [0.2, 0.25) is 5.78 Å². The normalized spacial score (nSPS) is 23.4. The monoisotopic (exact) mass is 308 g/mol. The number of ketones is 2. The third kappa shape index (κ3) is 4.07. The zero-order chi connectivity index (χ0) is 16.8. The largest absolute Gasteiger partial charge is 0.468 e. The van der Waals surface area contributed by atoms with Crippen LogP contribution in [0.4, 0.5) is 0 Å². The average Bonchev–Trinajstić information content (AvgIpc) is 2.75. The van der Waals surface area contributed by atoms with E-state index in [0.717, 1.165) is 6.42 Å². The highest BCUT2D eigenvalue weighted by atomic mass is 16.7. The number of methoxy groups -OCH3 is 2. The minimum absolute atomic E-state index is 0.0232. The van der Waals surface area contributed by atoms with Crippen molar-refractivity contribution >= 4 is 11.6 Å². The molecule has 1 heterocycles. The van der Waals surface area contributed by atoms with Gasteiger partial charge in [-0.2, -0.15) is 0 Å². The van der Waals surface area contributed by atoms with E-state index in [1.165, 1.54) is 14.2 Å². The van der Waals surface area contributed by atoms with Gasteiger partial charge in [-0.25, -0.2) is 0 Å². The molecule has 0 spiro atoms. The number of rotatable bonds is 8. The summed E-state index contributed by atoms with van der Waals surface area (Å²) >= 11 is 0. The first-order valence-electron chi connectivity index (χ1n) is 7.32. The second kappa shape index (κ2) is 7.94. The summed E-state index contributed by atoms with van der Waals surface area (Å²) in [7, 11) is 2.89. The fourth-order valence-electron chi connectivity index (χ4n) is 2.03. The van der Waals surface area contributed by atoms with Crippen molar-refractivity contribution in [3.05, 3.63) is 35.8 Å². The van der Waals surface area contributed by atoms with Crippen molar-refractivity contribution in [1.82, 2.24) is 0 Å². The maximum Gasteiger partial charge on any atom is 0.295 e. The fraction of sp³-hybridized carbons (Fsp3) is 0.529. The van der Waals surface area contributed by atoms with Crippen LogP contribution in [0.2, 0.25) is 0 Å². The molecule has 0 radical (unpaired) electrons. The molecule has 0 aromatic rings. The van der Waals surface area contributed by atoms with Crippen molar-refractivity contribution in [2.75, 3.05) is 14.2 Å². The van der Waals surface area contributed by atoms with E-state index >= 15 is 0 Å². The Morgan fingerprint density at radius 1 is 1.36 bits per heavy atom. The predicted octanol–water partition coefficient (Wildman–Crippen LogP) is 2.72. The Bertz CT molecular complexity index is 515. The van der Waals surface area contributed by atoms with Crippen LogP contribution in [0.25, 0.3) is 0 Å². The number of hydrogen-bond donors (Lipinski definition) is 0. The summed E-state index contributed by atoms with van der Waals surface area (Å²) in [5, 5.41) is 0. The van der Waals surface area contributed by atoms with Gasteiger partial charge in [0.15, 0.2) is 11.4 Å². The summed E-state index contributed by atoms with van der Waals surface area (Å²) in [6.07, 6.45) is 7.87. The smallest absolute Gasteiger partial charge is 0.295 e. The van der Waals surface area contributed by atoms with Crippen LogP contribution < -0.4 is 0 Å². The SMILES string of the molecule is CC/C=C/C=C/[C@@]1(C)OC(OC)=C(C(=O)C[C@H](C)OC)C1=O. The third-order valence-electron chi connectivity index (χ3n) is 3.42. The Morgan fingerprint density at radius 3 is 2.59 bits per heavy atom. The summed E-state index contributed by atoms with van der Waals surface area (Å²) in [6.45, 7) is 5.39. The molecule has 0 aliphatic carbocycles. The lowest BCUT2D eigenvalue weighted by atomic mass is 9.93. The van der Waals surface area contributed by atoms with Gasteiger partial charge >= 0.3 is 0 Å². The second-order valence-corrected chi connectivity index (χ2v) is 5.27. The van der Waals surface area contributed by atoms with E-state index < -0.39 is 5.60 Å². The van der Waals surface area contributed by atoms with Gasteiger partial charge in [-0.05, 0) is 26.3 Å². The minimum atomic E-state index is -1.22. The molecule has 5 nitrogen and oxygen atoms in total. The number of allylic oxidation sites excluding steroid dienone is 3. The first kappa shape index (κ1) is 18.2. The van der Waals surface area contributed by atoms with Crippen LogP contribution in [-0.2, 0) is 23.8 Å². The number of carbonyl (C=O) groups excluding carboxylic acids is 2. The quantitative estimate of drug-likeness (QED) is 0.509. The van der Waals surface area contributed by atoms with E-state index in [0.29, 0.717) is 0 Å². The first-order valence-corrected chi connectivity index (χ1v) is 7.32. The van der Waals surface area contributed by atoms with Crippen LogP contribution in [0.15, 0.2) is 35.8 Å². The lowest BCUT2D eigenvalue weighted by molar-refractivity contribution is -0.128. The minimum Gasteiger partial charge on any atom is -0.468 e. The molecule has 0 saturated heterocycles. The highest BCUT2D eigenvalue weighted by Gasteiger charge is 2.47. The third-order valence-corrected chi connectivity index (χ3v) is 3.42. The van der Waals surface area contributed by atoms with Crippen molar-refractivity contribution in [1.29, 1.82) is 0 Å². The molecule has 2 atom stereocenters. The molecular weight excluding hydrogens is 284 g/mol. The first-order chi connectivity index (χ1) is 10.4. The molecule has 0 unspecified atom stereocenters. The number of Topliss-reactive ketones (excluding diaryl/α,β-unsaturated/α-hetero) is 2. The number of ether oxygens (including phenoxy) is 3. The molecule has 22 heavy (non-hydrogen) atoms. The van der Waals surface area contributed by atoms with Gasteiger partial charge in [0, 0.05) is 13.5 Å². The summed E-state index contributed by atoms with van der Waals surface area (Å²) < 4.78 is 15.7. The van der Waals surface area contributed by atoms with Gasteiger partial charge in [0.25, 0.3) is 5.95 Å². The van der Waals surface area contributed by atoms with Crippen molar-refractivity contribution < 1.29 is 23.8 Å². The molecule has 0 amide bonds. The Balaban J connectivity index is 2.98. The number of hydrogen-bond acceptors (Lipinski definition) is 5. The van der Waals surface area contributed by atoms with Gasteiger partial charge in [0.05, 0.1) is 13.2 Å². The highest BCUT2D eigenvalue weighted by Crippen LogP contribution is 2.33. The molecule has 0 N–H and O–H groups in total. The maximum atomic E-state index is 12.6. The van der Waals surface area contributed by atoms with Crippen molar-refractivity contribution in [3.8, 4) is 0 Å². The summed E-state index contributed by atoms with van der Waals surface area (Å²) in [6, 6.07) is 0. The number of carbonyl (C=O) groups is 2. The molecule has 0 aromatic carbocycles. The van der Waals surface area contributed by atoms with Crippen molar-refractivity contribution in [2.45, 2.75) is 45.3 Å². The second-order valence-electron chi connectivity index (χ2n) is 5.27. The zero-order valence-corrected chi connectivity index (χ0v) is 13.8. The summed E-state index contributed by atoms with van der Waals surface area (Å²) in [4.78, 5) is 24.9. The van der Waals surface area contributed by atoms with Crippen LogP contribution in [0.1, 0.15) is 33.6 Å². The molecule has 1 aliphatic heterocycles. The summed E-state index contributed by atoms with van der Waals surface area (Å²) in [5.74, 6) is -0.749. The van der Waals surface area contributed by atoms with Crippen LogP contribution in [0, 0.1) is 0 Å². The Hall–Kier alpha value is -1.88. The molecule has 1 aliphatic rings. The van der Waals surface area contributed by atoms with E-state index in [2.05, 4.69) is 0 Å². The fourth-order valence-corrected chi connectivity index (χ4v) is 2.03. The zero-order valence-electron chi connectivity index (χ0n) is 13.8. The Labute approximate surface area is 131 Å². The van der Waals surface area contributed by atoms with Crippen molar-refractivity contribution in [3.63, 3.8) is 0 Å². The standard InChI is InChI=1S/C17H24O5/c1-6-7-8-9-10-17(3)15(19)14(16(21-5)22-17)13(18)11-12(2)20-4/h7-10,12H,6,11H2,1-5H3/b8-7+,10-9+/t12-,17+/m0/s1. The molecular formula is C17H24O5. The Kier molecular flexibility index (Phi) is 6.56. The lowest BCUT2D eigenvalue weighted by Gasteiger charge is -2.18. The molecule has 5 heteroatoms. The topological polar surface area (TPSA) is 61.8 Å². The van der Waals surface area contributed by atoms with Gasteiger partial charge < -0.3 is 14.2 Å². The molecule has 0 aromatic heterocycles. The van der Waals surface area contributed by atoms with E-state index in [1.807, 2.05) is 19.1 Å². The molecule has 122 valence electrons.